The Labute approximate surface area is 189 Å². The first-order valence-corrected chi connectivity index (χ1v) is 10.7. The average Bonchev–Trinajstić information content (AvgIpc) is 3.23. The molecule has 0 bridgehead atoms. The van der Waals surface area contributed by atoms with E-state index in [-0.39, 0.29) is 18.3 Å². The van der Waals surface area contributed by atoms with Crippen LogP contribution in [0, 0.1) is 12.7 Å². The van der Waals surface area contributed by atoms with Crippen LogP contribution >= 0.6 is 0 Å². The highest BCUT2D eigenvalue weighted by Gasteiger charge is 2.31. The molecule has 2 amide bonds. The summed E-state index contributed by atoms with van der Waals surface area (Å²) < 4.78 is 16.2. The molecule has 0 fully saturated rings. The zero-order chi connectivity index (χ0) is 23.3. The SMILES string of the molecule is Cc1ccccc1-c1cc(C(=O)N2CC(=O)Nc3c(F)cccc32)c2cnn(C(C)C)c2n1. The average molecular weight is 443 g/mol. The highest BCUT2D eigenvalue weighted by Crippen LogP contribution is 2.35. The van der Waals surface area contributed by atoms with E-state index >= 15 is 0 Å². The Morgan fingerprint density at radius 1 is 1.15 bits per heavy atom. The van der Waals surface area contributed by atoms with Crippen molar-refractivity contribution in [2.45, 2.75) is 26.8 Å². The second-order valence-corrected chi connectivity index (χ2v) is 8.36. The lowest BCUT2D eigenvalue weighted by molar-refractivity contribution is -0.115. The number of benzene rings is 2. The second-order valence-electron chi connectivity index (χ2n) is 8.36. The van der Waals surface area contributed by atoms with Gasteiger partial charge in [0.25, 0.3) is 5.91 Å². The maximum Gasteiger partial charge on any atom is 0.259 e. The predicted molar refractivity (Wildman–Crippen MR) is 125 cm³/mol. The van der Waals surface area contributed by atoms with Crippen molar-refractivity contribution in [3.63, 3.8) is 0 Å². The molecule has 0 saturated carbocycles. The molecule has 7 nitrogen and oxygen atoms in total. The van der Waals surface area contributed by atoms with E-state index in [4.69, 9.17) is 4.98 Å². The molecule has 3 heterocycles. The maximum atomic E-state index is 14.4. The molecular formula is C25H22FN5O2. The molecule has 0 spiro atoms. The molecule has 0 saturated heterocycles. The predicted octanol–water partition coefficient (Wildman–Crippen LogP) is 4.73. The molecule has 0 atom stereocenters. The summed E-state index contributed by atoms with van der Waals surface area (Å²) in [5.41, 5.74) is 3.80. The van der Waals surface area contributed by atoms with Gasteiger partial charge in [-0.05, 0) is 44.5 Å². The number of carbonyl (C=O) groups excluding carboxylic acids is 2. The minimum atomic E-state index is -0.591. The normalized spacial score (nSPS) is 13.4. The zero-order valence-electron chi connectivity index (χ0n) is 18.5. The third-order valence-electron chi connectivity index (χ3n) is 5.80. The minimum absolute atomic E-state index is 0.00408. The molecule has 0 unspecified atom stereocenters. The highest BCUT2D eigenvalue weighted by atomic mass is 19.1. The summed E-state index contributed by atoms with van der Waals surface area (Å²) in [5, 5.41) is 7.57. The summed E-state index contributed by atoms with van der Waals surface area (Å²) in [6.45, 7) is 5.75. The number of amides is 2. The lowest BCUT2D eigenvalue weighted by atomic mass is 10.0. The van der Waals surface area contributed by atoms with Crippen LogP contribution in [-0.2, 0) is 4.79 Å². The zero-order valence-corrected chi connectivity index (χ0v) is 18.5. The van der Waals surface area contributed by atoms with E-state index in [0.29, 0.717) is 28.0 Å². The number of hydrogen-bond acceptors (Lipinski definition) is 4. The maximum absolute atomic E-state index is 14.4. The molecule has 4 aromatic rings. The summed E-state index contributed by atoms with van der Waals surface area (Å²) in [7, 11) is 0. The van der Waals surface area contributed by atoms with Gasteiger partial charge in [0.05, 0.1) is 28.5 Å². The summed E-state index contributed by atoms with van der Waals surface area (Å²) in [5.74, 6) is -1.46. The van der Waals surface area contributed by atoms with E-state index in [1.807, 2.05) is 45.0 Å². The Morgan fingerprint density at radius 3 is 2.70 bits per heavy atom. The Balaban J connectivity index is 1.73. The van der Waals surface area contributed by atoms with Gasteiger partial charge >= 0.3 is 0 Å². The van der Waals surface area contributed by atoms with Gasteiger partial charge in [0.1, 0.15) is 18.0 Å². The number of pyridine rings is 1. The smallest absolute Gasteiger partial charge is 0.259 e. The molecule has 1 aliphatic heterocycles. The standard InChI is InChI=1S/C25H22FN5O2/c1-14(2)31-24-18(12-27-31)17(11-20(28-24)16-8-5-4-7-15(16)3)25(33)30-13-22(32)29-23-19(26)9-6-10-21(23)30/h4-12,14H,13H2,1-3H3,(H,29,32). The fourth-order valence-corrected chi connectivity index (χ4v) is 4.17. The van der Waals surface area contributed by atoms with Crippen LogP contribution in [-0.4, -0.2) is 33.1 Å². The Morgan fingerprint density at radius 2 is 1.94 bits per heavy atom. The molecule has 33 heavy (non-hydrogen) atoms. The molecule has 2 aromatic carbocycles. The van der Waals surface area contributed by atoms with Crippen molar-refractivity contribution >= 4 is 34.2 Å². The minimum Gasteiger partial charge on any atom is -0.320 e. The lowest BCUT2D eigenvalue weighted by Gasteiger charge is -2.29. The third-order valence-corrected chi connectivity index (χ3v) is 5.80. The molecule has 0 radical (unpaired) electrons. The van der Waals surface area contributed by atoms with E-state index in [2.05, 4.69) is 10.4 Å². The number of para-hydroxylation sites is 1. The van der Waals surface area contributed by atoms with Crippen LogP contribution in [0.25, 0.3) is 22.3 Å². The summed E-state index contributed by atoms with van der Waals surface area (Å²) in [4.78, 5) is 32.3. The third kappa shape index (κ3) is 3.44. The van der Waals surface area contributed by atoms with Gasteiger partial charge in [-0.25, -0.2) is 14.1 Å². The van der Waals surface area contributed by atoms with Crippen molar-refractivity contribution in [2.75, 3.05) is 16.8 Å². The van der Waals surface area contributed by atoms with Crippen molar-refractivity contribution in [2.24, 2.45) is 0 Å². The number of aromatic nitrogens is 3. The topological polar surface area (TPSA) is 80.1 Å². The van der Waals surface area contributed by atoms with E-state index in [0.717, 1.165) is 11.1 Å². The Hall–Kier alpha value is -4.07. The van der Waals surface area contributed by atoms with Gasteiger partial charge in [-0.15, -0.1) is 0 Å². The molecule has 1 aliphatic rings. The number of halogens is 1. The van der Waals surface area contributed by atoms with Gasteiger partial charge in [-0.2, -0.15) is 5.10 Å². The number of nitrogens with zero attached hydrogens (tertiary/aromatic N) is 4. The number of aryl methyl sites for hydroxylation is 1. The van der Waals surface area contributed by atoms with Gasteiger partial charge in [0.15, 0.2) is 5.65 Å². The monoisotopic (exact) mass is 443 g/mol. The van der Waals surface area contributed by atoms with E-state index in [1.54, 1.807) is 23.0 Å². The lowest BCUT2D eigenvalue weighted by Crippen LogP contribution is -2.42. The Kier molecular flexibility index (Phi) is 4.92. The fourth-order valence-electron chi connectivity index (χ4n) is 4.17. The van der Waals surface area contributed by atoms with Gasteiger partial charge in [0.2, 0.25) is 5.91 Å². The number of fused-ring (bicyclic) bond motifs is 2. The van der Waals surface area contributed by atoms with Gasteiger partial charge in [0, 0.05) is 11.6 Å². The van der Waals surface area contributed by atoms with Crippen molar-refractivity contribution in [1.82, 2.24) is 14.8 Å². The summed E-state index contributed by atoms with van der Waals surface area (Å²) >= 11 is 0. The Bertz CT molecular complexity index is 1430. The largest absolute Gasteiger partial charge is 0.320 e. The number of nitrogens with one attached hydrogen (secondary N) is 1. The highest BCUT2D eigenvalue weighted by molar-refractivity contribution is 6.19. The quantitative estimate of drug-likeness (QED) is 0.497. The van der Waals surface area contributed by atoms with Crippen molar-refractivity contribution in [3.8, 4) is 11.3 Å². The molecule has 0 aliphatic carbocycles. The van der Waals surface area contributed by atoms with E-state index < -0.39 is 17.6 Å². The van der Waals surface area contributed by atoms with Gasteiger partial charge < -0.3 is 5.32 Å². The summed E-state index contributed by atoms with van der Waals surface area (Å²) in [6.07, 6.45) is 1.62. The first-order valence-electron chi connectivity index (χ1n) is 10.7. The van der Waals surface area contributed by atoms with Gasteiger partial charge in [-0.3, -0.25) is 14.5 Å². The van der Waals surface area contributed by atoms with Crippen LogP contribution in [0.5, 0.6) is 0 Å². The summed E-state index contributed by atoms with van der Waals surface area (Å²) in [6, 6.07) is 13.9. The van der Waals surface area contributed by atoms with Crippen LogP contribution in [0.1, 0.15) is 35.8 Å². The van der Waals surface area contributed by atoms with Crippen molar-refractivity contribution in [1.29, 1.82) is 0 Å². The number of anilines is 2. The van der Waals surface area contributed by atoms with Crippen LogP contribution in [0.4, 0.5) is 15.8 Å². The molecule has 166 valence electrons. The van der Waals surface area contributed by atoms with E-state index in [1.165, 1.54) is 17.0 Å². The molecular weight excluding hydrogens is 421 g/mol. The van der Waals surface area contributed by atoms with Crippen LogP contribution in [0.3, 0.4) is 0 Å². The molecule has 1 N–H and O–H groups in total. The van der Waals surface area contributed by atoms with E-state index in [9.17, 15) is 14.0 Å². The molecule has 5 rings (SSSR count). The van der Waals surface area contributed by atoms with Crippen molar-refractivity contribution in [3.05, 3.63) is 71.7 Å². The van der Waals surface area contributed by atoms with Crippen LogP contribution in [0.2, 0.25) is 0 Å². The van der Waals surface area contributed by atoms with Gasteiger partial charge in [-0.1, -0.05) is 30.3 Å². The van der Waals surface area contributed by atoms with Crippen molar-refractivity contribution < 1.29 is 14.0 Å². The van der Waals surface area contributed by atoms with Crippen LogP contribution < -0.4 is 10.2 Å². The molecule has 2 aromatic heterocycles. The first kappa shape index (κ1) is 20.8. The van der Waals surface area contributed by atoms with Crippen LogP contribution in [0.15, 0.2) is 54.7 Å². The fraction of sp³-hybridized carbons (Fsp3) is 0.200. The first-order chi connectivity index (χ1) is 15.8. The molecule has 8 heteroatoms. The second kappa shape index (κ2) is 7.81. The number of carbonyl (C=O) groups is 2. The number of hydrogen-bond donors (Lipinski definition) is 1. The number of rotatable bonds is 3.